The molecule has 13 heavy (non-hydrogen) atoms. The van der Waals surface area contributed by atoms with Crippen LogP contribution in [0.3, 0.4) is 0 Å². The minimum Gasteiger partial charge on any atom is -0.490 e. The molecule has 2 rings (SSSR count). The first-order valence-corrected chi connectivity index (χ1v) is 5.06. The Morgan fingerprint density at radius 1 is 1.54 bits per heavy atom. The highest BCUT2D eigenvalue weighted by molar-refractivity contribution is 6.30. The predicted molar refractivity (Wildman–Crippen MR) is 54.6 cm³/mol. The van der Waals surface area contributed by atoms with E-state index in [0.29, 0.717) is 6.10 Å². The molecule has 1 atom stereocenters. The second-order valence-electron chi connectivity index (χ2n) is 3.54. The van der Waals surface area contributed by atoms with Crippen molar-refractivity contribution in [2.45, 2.75) is 32.8 Å². The third-order valence-electron chi connectivity index (χ3n) is 2.41. The quantitative estimate of drug-likeness (QED) is 0.670. The zero-order chi connectivity index (χ0) is 9.42. The van der Waals surface area contributed by atoms with Crippen LogP contribution in [-0.4, -0.2) is 6.10 Å². The maximum Gasteiger partial charge on any atom is 0.126 e. The van der Waals surface area contributed by atoms with E-state index in [9.17, 15) is 0 Å². The topological polar surface area (TPSA) is 9.23 Å². The van der Waals surface area contributed by atoms with Crippen molar-refractivity contribution >= 4 is 11.6 Å². The summed E-state index contributed by atoms with van der Waals surface area (Å²) in [4.78, 5) is 0. The molecule has 70 valence electrons. The van der Waals surface area contributed by atoms with Crippen molar-refractivity contribution in [3.05, 3.63) is 28.3 Å². The van der Waals surface area contributed by atoms with Crippen molar-refractivity contribution in [1.82, 2.24) is 0 Å². The zero-order valence-corrected chi connectivity index (χ0v) is 8.69. The molecule has 0 N–H and O–H groups in total. The summed E-state index contributed by atoms with van der Waals surface area (Å²) in [5.74, 6) is 1.07. The first-order valence-electron chi connectivity index (χ1n) is 4.68. The molecule has 1 aliphatic rings. The van der Waals surface area contributed by atoms with Gasteiger partial charge in [0.05, 0.1) is 0 Å². The Bertz CT molecular complexity index is 333. The van der Waals surface area contributed by atoms with E-state index in [1.165, 1.54) is 11.1 Å². The van der Waals surface area contributed by atoms with E-state index in [1.54, 1.807) is 0 Å². The molecule has 0 spiro atoms. The van der Waals surface area contributed by atoms with Crippen LogP contribution < -0.4 is 4.74 Å². The fourth-order valence-corrected chi connectivity index (χ4v) is 2.09. The fourth-order valence-electron chi connectivity index (χ4n) is 1.83. The number of benzene rings is 1. The first kappa shape index (κ1) is 8.89. The maximum atomic E-state index is 6.00. The molecule has 0 fully saturated rings. The number of hydrogen-bond donors (Lipinski definition) is 0. The van der Waals surface area contributed by atoms with Gasteiger partial charge in [-0.25, -0.2) is 0 Å². The lowest BCUT2D eigenvalue weighted by molar-refractivity contribution is 0.252. The van der Waals surface area contributed by atoms with Gasteiger partial charge in [-0.05, 0) is 36.6 Å². The van der Waals surface area contributed by atoms with Gasteiger partial charge in [-0.2, -0.15) is 0 Å². The molecule has 1 heterocycles. The van der Waals surface area contributed by atoms with Crippen molar-refractivity contribution in [3.8, 4) is 5.75 Å². The molecule has 0 saturated carbocycles. The van der Waals surface area contributed by atoms with Gasteiger partial charge in [0.15, 0.2) is 0 Å². The van der Waals surface area contributed by atoms with Crippen molar-refractivity contribution in [2.75, 3.05) is 0 Å². The molecule has 0 bridgehead atoms. The molecule has 0 aliphatic carbocycles. The van der Waals surface area contributed by atoms with Crippen molar-refractivity contribution in [3.63, 3.8) is 0 Å². The summed E-state index contributed by atoms with van der Waals surface area (Å²) < 4.78 is 5.73. The largest absolute Gasteiger partial charge is 0.490 e. The van der Waals surface area contributed by atoms with Crippen LogP contribution in [0.4, 0.5) is 0 Å². The second-order valence-corrected chi connectivity index (χ2v) is 3.98. The molecule has 2 heteroatoms. The monoisotopic (exact) mass is 196 g/mol. The Balaban J connectivity index is 2.50. The highest BCUT2D eigenvalue weighted by Gasteiger charge is 2.21. The number of fused-ring (bicyclic) bond motifs is 1. The predicted octanol–water partition coefficient (Wildman–Crippen LogP) is 3.23. The van der Waals surface area contributed by atoms with Gasteiger partial charge in [0.1, 0.15) is 11.9 Å². The van der Waals surface area contributed by atoms with Gasteiger partial charge in [0, 0.05) is 11.4 Å². The summed E-state index contributed by atoms with van der Waals surface area (Å²) in [7, 11) is 0. The van der Waals surface area contributed by atoms with Crippen molar-refractivity contribution < 1.29 is 4.74 Å². The van der Waals surface area contributed by atoms with Crippen LogP contribution in [0.5, 0.6) is 5.75 Å². The van der Waals surface area contributed by atoms with Crippen LogP contribution in [-0.2, 0) is 12.8 Å². The van der Waals surface area contributed by atoms with Crippen LogP contribution in [0.15, 0.2) is 12.1 Å². The smallest absolute Gasteiger partial charge is 0.126 e. The van der Waals surface area contributed by atoms with Crippen LogP contribution in [0.1, 0.15) is 25.0 Å². The molecular weight excluding hydrogens is 184 g/mol. The maximum absolute atomic E-state index is 6.00. The highest BCUT2D eigenvalue weighted by atomic mass is 35.5. The Kier molecular flexibility index (Phi) is 2.20. The van der Waals surface area contributed by atoms with Gasteiger partial charge in [0.2, 0.25) is 0 Å². The summed E-state index contributed by atoms with van der Waals surface area (Å²) >= 11 is 6.00. The van der Waals surface area contributed by atoms with Gasteiger partial charge >= 0.3 is 0 Å². The molecule has 0 saturated heterocycles. The normalized spacial score (nSPS) is 19.8. The minimum absolute atomic E-state index is 0.304. The van der Waals surface area contributed by atoms with E-state index in [4.69, 9.17) is 16.3 Å². The van der Waals surface area contributed by atoms with Crippen LogP contribution in [0.25, 0.3) is 0 Å². The summed E-state index contributed by atoms with van der Waals surface area (Å²) in [6.07, 6.45) is 2.28. The number of halogens is 1. The lowest BCUT2D eigenvalue weighted by Crippen LogP contribution is -2.05. The molecule has 1 unspecified atom stereocenters. The molecule has 1 nitrogen and oxygen atoms in total. The van der Waals surface area contributed by atoms with Crippen LogP contribution >= 0.6 is 11.6 Å². The number of ether oxygens (including phenoxy) is 1. The molecule has 1 aliphatic heterocycles. The lowest BCUT2D eigenvalue weighted by Gasteiger charge is -2.07. The standard InChI is InChI=1S/C11H13ClO/c1-3-8-5-10(12)6-9-4-7(2)13-11(8)9/h5-7H,3-4H2,1-2H3. The zero-order valence-electron chi connectivity index (χ0n) is 7.93. The first-order chi connectivity index (χ1) is 6.20. The molecule has 0 amide bonds. The summed E-state index contributed by atoms with van der Waals surface area (Å²) in [6.45, 7) is 4.21. The Morgan fingerprint density at radius 2 is 2.31 bits per heavy atom. The summed E-state index contributed by atoms with van der Waals surface area (Å²) in [5.41, 5.74) is 2.49. The second kappa shape index (κ2) is 3.22. The average molecular weight is 197 g/mol. The summed E-state index contributed by atoms with van der Waals surface area (Å²) in [5, 5.41) is 0.827. The van der Waals surface area contributed by atoms with Gasteiger partial charge < -0.3 is 4.74 Å². The van der Waals surface area contributed by atoms with E-state index in [2.05, 4.69) is 13.8 Å². The lowest BCUT2D eigenvalue weighted by atomic mass is 10.1. The van der Waals surface area contributed by atoms with Gasteiger partial charge in [-0.1, -0.05) is 18.5 Å². The SMILES string of the molecule is CCc1cc(Cl)cc2c1OC(C)C2. The minimum atomic E-state index is 0.304. The number of aryl methyl sites for hydroxylation is 1. The van der Waals surface area contributed by atoms with Crippen molar-refractivity contribution in [2.24, 2.45) is 0 Å². The van der Waals surface area contributed by atoms with Crippen LogP contribution in [0, 0.1) is 0 Å². The summed E-state index contributed by atoms with van der Waals surface area (Å²) in [6, 6.07) is 4.01. The molecular formula is C11H13ClO. The van der Waals surface area contributed by atoms with Crippen molar-refractivity contribution in [1.29, 1.82) is 0 Å². The average Bonchev–Trinajstić information content (AvgIpc) is 2.43. The molecule has 1 aromatic carbocycles. The van der Waals surface area contributed by atoms with Gasteiger partial charge in [0.25, 0.3) is 0 Å². The Labute approximate surface area is 83.7 Å². The van der Waals surface area contributed by atoms with Gasteiger partial charge in [-0.3, -0.25) is 0 Å². The molecule has 0 radical (unpaired) electrons. The highest BCUT2D eigenvalue weighted by Crippen LogP contribution is 2.35. The van der Waals surface area contributed by atoms with E-state index in [1.807, 2.05) is 12.1 Å². The van der Waals surface area contributed by atoms with Gasteiger partial charge in [-0.15, -0.1) is 0 Å². The van der Waals surface area contributed by atoms with Crippen LogP contribution in [0.2, 0.25) is 5.02 Å². The fraction of sp³-hybridized carbons (Fsp3) is 0.455. The van der Waals surface area contributed by atoms with E-state index in [-0.39, 0.29) is 0 Å². The third kappa shape index (κ3) is 1.53. The van der Waals surface area contributed by atoms with E-state index < -0.39 is 0 Å². The number of hydrogen-bond acceptors (Lipinski definition) is 1. The molecule has 0 aromatic heterocycles. The Hall–Kier alpha value is -0.690. The van der Waals surface area contributed by atoms with E-state index >= 15 is 0 Å². The molecule has 1 aromatic rings. The van der Waals surface area contributed by atoms with E-state index in [0.717, 1.165) is 23.6 Å². The third-order valence-corrected chi connectivity index (χ3v) is 2.63. The number of rotatable bonds is 1. The Morgan fingerprint density at radius 3 is 3.00 bits per heavy atom.